The van der Waals surface area contributed by atoms with Gasteiger partial charge >= 0.3 is 0 Å². The summed E-state index contributed by atoms with van der Waals surface area (Å²) in [7, 11) is 0. The summed E-state index contributed by atoms with van der Waals surface area (Å²) in [4.78, 5) is 17.1. The Hall–Kier alpha value is -3.13. The molecule has 32 heavy (non-hydrogen) atoms. The molecule has 5 rings (SSSR count). The number of hydrogen-bond acceptors (Lipinski definition) is 5. The van der Waals surface area contributed by atoms with Gasteiger partial charge in [-0.1, -0.05) is 19.3 Å². The number of fused-ring (bicyclic) bond motifs is 1. The second-order valence-corrected chi connectivity index (χ2v) is 9.01. The number of hydrogen-bond donors (Lipinski definition) is 1. The molecular formula is C24H25N5O2S. The Morgan fingerprint density at radius 1 is 1.19 bits per heavy atom. The van der Waals surface area contributed by atoms with Crippen molar-refractivity contribution in [1.82, 2.24) is 9.58 Å². The van der Waals surface area contributed by atoms with Gasteiger partial charge in [-0.25, -0.2) is 0 Å². The quantitative estimate of drug-likeness (QED) is 0.648. The molecule has 0 spiro atoms. The number of aromatic nitrogens is 1. The van der Waals surface area contributed by atoms with Crippen molar-refractivity contribution in [1.29, 1.82) is 5.41 Å². The fourth-order valence-electron chi connectivity index (χ4n) is 4.29. The van der Waals surface area contributed by atoms with E-state index in [9.17, 15) is 4.79 Å². The molecule has 0 atom stereocenters. The molecule has 1 saturated carbocycles. The summed E-state index contributed by atoms with van der Waals surface area (Å²) >= 11 is 1.44. The molecule has 1 aromatic heterocycles. The highest BCUT2D eigenvalue weighted by Gasteiger charge is 2.38. The lowest BCUT2D eigenvalue weighted by Crippen LogP contribution is -2.35. The molecule has 1 aliphatic carbocycles. The predicted molar refractivity (Wildman–Crippen MR) is 129 cm³/mol. The molecule has 1 aromatic carbocycles. The number of thioether (sulfide) groups is 1. The average Bonchev–Trinajstić information content (AvgIpc) is 3.45. The number of aliphatic imine (C=N–C) groups is 1. The van der Waals surface area contributed by atoms with Gasteiger partial charge in [-0.2, -0.15) is 15.1 Å². The third-order valence-corrected chi connectivity index (χ3v) is 6.99. The van der Waals surface area contributed by atoms with Gasteiger partial charge in [-0.3, -0.25) is 10.2 Å². The number of nitrogens with one attached hydrogen (secondary N) is 1. The number of amidine groups is 2. The van der Waals surface area contributed by atoms with E-state index in [-0.39, 0.29) is 11.4 Å². The van der Waals surface area contributed by atoms with Gasteiger partial charge < -0.3 is 9.30 Å². The molecule has 164 valence electrons. The van der Waals surface area contributed by atoms with E-state index in [2.05, 4.69) is 10.1 Å². The highest BCUT2D eigenvalue weighted by molar-refractivity contribution is 8.27. The van der Waals surface area contributed by atoms with Gasteiger partial charge in [-0.15, -0.1) is 0 Å². The molecule has 1 amide bonds. The summed E-state index contributed by atoms with van der Waals surface area (Å²) in [5.74, 6) is 0.910. The van der Waals surface area contributed by atoms with Crippen LogP contribution in [-0.2, 0) is 4.79 Å². The fraction of sp³-hybridized carbons (Fsp3) is 0.333. The number of ether oxygens (including phenoxy) is 1. The second kappa shape index (κ2) is 8.78. The number of amides is 1. The van der Waals surface area contributed by atoms with Crippen molar-refractivity contribution in [2.75, 3.05) is 6.61 Å². The van der Waals surface area contributed by atoms with E-state index in [4.69, 9.17) is 10.1 Å². The Morgan fingerprint density at radius 3 is 2.72 bits per heavy atom. The number of carbonyl (C=O) groups is 1. The molecule has 3 aliphatic rings. The predicted octanol–water partition coefficient (Wildman–Crippen LogP) is 5.08. The maximum absolute atomic E-state index is 12.8. The number of hydrazone groups is 1. The number of benzene rings is 1. The van der Waals surface area contributed by atoms with Gasteiger partial charge in [0, 0.05) is 23.5 Å². The van der Waals surface area contributed by atoms with E-state index in [1.165, 1.54) is 36.0 Å². The van der Waals surface area contributed by atoms with Crippen molar-refractivity contribution in [3.8, 4) is 11.4 Å². The summed E-state index contributed by atoms with van der Waals surface area (Å²) in [6.45, 7) is 2.57. The minimum atomic E-state index is -0.395. The van der Waals surface area contributed by atoms with Gasteiger partial charge in [0.25, 0.3) is 5.91 Å². The Kier molecular flexibility index (Phi) is 5.70. The van der Waals surface area contributed by atoms with E-state index < -0.39 is 5.91 Å². The molecule has 0 radical (unpaired) electrons. The van der Waals surface area contributed by atoms with Crippen LogP contribution in [0.2, 0.25) is 0 Å². The van der Waals surface area contributed by atoms with Crippen molar-refractivity contribution in [3.05, 3.63) is 53.9 Å². The van der Waals surface area contributed by atoms with Crippen LogP contribution < -0.4 is 4.74 Å². The van der Waals surface area contributed by atoms with Crippen molar-refractivity contribution >= 4 is 39.8 Å². The molecule has 1 N–H and O–H groups in total. The van der Waals surface area contributed by atoms with E-state index in [1.807, 2.05) is 54.1 Å². The molecule has 8 heteroatoms. The normalized spacial score (nSPS) is 20.4. The van der Waals surface area contributed by atoms with Crippen LogP contribution in [-0.4, -0.2) is 38.1 Å². The van der Waals surface area contributed by atoms with Crippen molar-refractivity contribution in [2.24, 2.45) is 16.0 Å². The van der Waals surface area contributed by atoms with Gasteiger partial charge in [0.15, 0.2) is 5.84 Å². The van der Waals surface area contributed by atoms with E-state index in [0.717, 1.165) is 35.0 Å². The fourth-order valence-corrected chi connectivity index (χ4v) is 5.34. The Morgan fingerprint density at radius 2 is 1.97 bits per heavy atom. The monoisotopic (exact) mass is 447 g/mol. The first-order valence-corrected chi connectivity index (χ1v) is 11.9. The molecule has 7 nitrogen and oxygen atoms in total. The number of carbonyl (C=O) groups excluding carboxylic acids is 1. The van der Waals surface area contributed by atoms with Gasteiger partial charge in [0.05, 0.1) is 12.2 Å². The second-order valence-electron chi connectivity index (χ2n) is 8.02. The zero-order chi connectivity index (χ0) is 22.1. The van der Waals surface area contributed by atoms with Crippen molar-refractivity contribution in [2.45, 2.75) is 39.0 Å². The van der Waals surface area contributed by atoms with Crippen LogP contribution in [0, 0.1) is 11.3 Å². The molecule has 2 aliphatic heterocycles. The minimum absolute atomic E-state index is 0.0813. The largest absolute Gasteiger partial charge is 0.494 e. The van der Waals surface area contributed by atoms with Crippen LogP contribution in [0.1, 0.15) is 44.7 Å². The first-order chi connectivity index (χ1) is 15.6. The third-order valence-electron chi connectivity index (χ3n) is 5.92. The highest BCUT2D eigenvalue weighted by atomic mass is 32.2. The molecule has 0 saturated heterocycles. The van der Waals surface area contributed by atoms with Crippen LogP contribution >= 0.6 is 11.8 Å². The van der Waals surface area contributed by atoms with E-state index in [1.54, 1.807) is 6.08 Å². The standard InChI is InChI=1S/C24H25N5O2S/c1-2-31-19-12-10-17(11-13-19)28-14-6-9-18(28)15-20-21(25)29-24(26-22(20)30)32-23(27-29)16-7-4-3-5-8-16/h6,9-16,25H,2-5,7-8H2,1H3/b20-15-,25-21?. The van der Waals surface area contributed by atoms with Crippen LogP contribution in [0.25, 0.3) is 11.8 Å². The van der Waals surface area contributed by atoms with Gasteiger partial charge in [-0.05, 0) is 74.0 Å². The van der Waals surface area contributed by atoms with Crippen LogP contribution in [0.4, 0.5) is 0 Å². The minimum Gasteiger partial charge on any atom is -0.494 e. The summed E-state index contributed by atoms with van der Waals surface area (Å²) < 4.78 is 7.49. The number of nitrogens with zero attached hydrogens (tertiary/aromatic N) is 4. The van der Waals surface area contributed by atoms with E-state index in [0.29, 0.717) is 17.7 Å². The summed E-state index contributed by atoms with van der Waals surface area (Å²) in [5, 5.41) is 16.4. The smallest absolute Gasteiger partial charge is 0.283 e. The van der Waals surface area contributed by atoms with Gasteiger partial charge in [0.1, 0.15) is 10.8 Å². The summed E-state index contributed by atoms with van der Waals surface area (Å²) in [6, 6.07) is 11.6. The van der Waals surface area contributed by atoms with Gasteiger partial charge in [0.2, 0.25) is 5.17 Å². The zero-order valence-electron chi connectivity index (χ0n) is 18.0. The lowest BCUT2D eigenvalue weighted by molar-refractivity contribution is -0.114. The molecule has 2 aromatic rings. The third kappa shape index (κ3) is 3.90. The topological polar surface area (TPSA) is 83.0 Å². The Balaban J connectivity index is 1.42. The molecule has 1 fully saturated rings. The molecule has 0 bridgehead atoms. The van der Waals surface area contributed by atoms with Crippen LogP contribution in [0.15, 0.2) is 58.3 Å². The van der Waals surface area contributed by atoms with Crippen LogP contribution in [0.3, 0.4) is 0 Å². The Bertz CT molecular complexity index is 1140. The maximum atomic E-state index is 12.8. The summed E-state index contributed by atoms with van der Waals surface area (Å²) in [5.41, 5.74) is 1.98. The molecule has 3 heterocycles. The zero-order valence-corrected chi connectivity index (χ0v) is 18.8. The lowest BCUT2D eigenvalue weighted by atomic mass is 9.90. The van der Waals surface area contributed by atoms with Crippen LogP contribution in [0.5, 0.6) is 5.75 Å². The SMILES string of the molecule is CCOc1ccc(-n2cccc2/C=C2/C(=N)N3N=C(C4CCCCC4)SC3=NC2=O)cc1. The summed E-state index contributed by atoms with van der Waals surface area (Å²) in [6.07, 6.45) is 9.58. The Labute approximate surface area is 191 Å². The number of rotatable bonds is 5. The maximum Gasteiger partial charge on any atom is 0.283 e. The lowest BCUT2D eigenvalue weighted by Gasteiger charge is -2.20. The van der Waals surface area contributed by atoms with Crippen molar-refractivity contribution < 1.29 is 9.53 Å². The molecule has 0 unspecified atom stereocenters. The average molecular weight is 448 g/mol. The highest BCUT2D eigenvalue weighted by Crippen LogP contribution is 2.36. The first kappa shape index (κ1) is 20.8. The van der Waals surface area contributed by atoms with Crippen molar-refractivity contribution in [3.63, 3.8) is 0 Å². The molecular weight excluding hydrogens is 422 g/mol. The van der Waals surface area contributed by atoms with E-state index >= 15 is 0 Å². The first-order valence-electron chi connectivity index (χ1n) is 11.0.